The van der Waals surface area contributed by atoms with E-state index < -0.39 is 11.5 Å². The Morgan fingerprint density at radius 3 is 2.40 bits per heavy atom. The molecule has 1 saturated carbocycles. The number of amides is 1. The van der Waals surface area contributed by atoms with Crippen molar-refractivity contribution in [2.45, 2.75) is 51.0 Å². The van der Waals surface area contributed by atoms with Gasteiger partial charge >= 0.3 is 5.97 Å². The zero-order valence-electron chi connectivity index (χ0n) is 15.1. The normalized spacial score (nSPS) is 16.9. The lowest BCUT2D eigenvalue weighted by Crippen LogP contribution is -2.49. The summed E-state index contributed by atoms with van der Waals surface area (Å²) in [5.74, 6) is 0.0533. The molecule has 6 heteroatoms. The van der Waals surface area contributed by atoms with Crippen LogP contribution in [-0.2, 0) is 16.0 Å². The van der Waals surface area contributed by atoms with Gasteiger partial charge in [-0.15, -0.1) is 0 Å². The molecule has 25 heavy (non-hydrogen) atoms. The van der Waals surface area contributed by atoms with E-state index in [9.17, 15) is 9.59 Å². The van der Waals surface area contributed by atoms with E-state index in [0.717, 1.165) is 31.2 Å². The topological polar surface area (TPSA) is 84.9 Å². The number of benzene rings is 1. The predicted octanol–water partition coefficient (Wildman–Crippen LogP) is 2.79. The molecule has 1 atom stereocenters. The second-order valence-electron chi connectivity index (χ2n) is 6.84. The SMILES string of the molecule is COc1ccc(CC(C)C(=O)NC2(CC(=O)O)CCCC2)cc1OC. The number of carbonyl (C=O) groups is 2. The van der Waals surface area contributed by atoms with Gasteiger partial charge in [0.15, 0.2) is 11.5 Å². The summed E-state index contributed by atoms with van der Waals surface area (Å²) in [6.45, 7) is 1.86. The Hall–Kier alpha value is -2.24. The van der Waals surface area contributed by atoms with Crippen LogP contribution in [0.15, 0.2) is 18.2 Å². The maximum absolute atomic E-state index is 12.6. The number of carboxylic acids is 1. The lowest BCUT2D eigenvalue weighted by atomic mass is 9.91. The van der Waals surface area contributed by atoms with Crippen LogP contribution in [0.1, 0.15) is 44.6 Å². The average Bonchev–Trinajstić information content (AvgIpc) is 3.01. The standard InChI is InChI=1S/C19H27NO5/c1-13(10-14-6-7-15(24-2)16(11-14)25-3)18(23)20-19(12-17(21)22)8-4-5-9-19/h6-7,11,13H,4-5,8-10,12H2,1-3H3,(H,20,23)(H,21,22). The van der Waals surface area contributed by atoms with E-state index in [0.29, 0.717) is 17.9 Å². The van der Waals surface area contributed by atoms with Gasteiger partial charge in [0.2, 0.25) is 5.91 Å². The number of hydrogen-bond acceptors (Lipinski definition) is 4. The molecule has 1 aliphatic carbocycles. The van der Waals surface area contributed by atoms with Crippen molar-refractivity contribution in [1.82, 2.24) is 5.32 Å². The van der Waals surface area contributed by atoms with Crippen LogP contribution in [0.5, 0.6) is 11.5 Å². The first kappa shape index (κ1) is 19.1. The highest BCUT2D eigenvalue weighted by Crippen LogP contribution is 2.33. The highest BCUT2D eigenvalue weighted by Gasteiger charge is 2.38. The Balaban J connectivity index is 2.03. The van der Waals surface area contributed by atoms with Crippen molar-refractivity contribution in [3.8, 4) is 11.5 Å². The van der Waals surface area contributed by atoms with Gasteiger partial charge in [-0.25, -0.2) is 0 Å². The first-order valence-electron chi connectivity index (χ1n) is 8.64. The van der Waals surface area contributed by atoms with Crippen molar-refractivity contribution in [1.29, 1.82) is 0 Å². The maximum Gasteiger partial charge on any atom is 0.305 e. The molecule has 2 N–H and O–H groups in total. The van der Waals surface area contributed by atoms with Crippen LogP contribution in [0, 0.1) is 5.92 Å². The number of methoxy groups -OCH3 is 2. The number of carboxylic acid groups (broad SMARTS) is 1. The van der Waals surface area contributed by atoms with Crippen molar-refractivity contribution in [2.75, 3.05) is 14.2 Å². The Labute approximate surface area is 148 Å². The van der Waals surface area contributed by atoms with Crippen molar-refractivity contribution < 1.29 is 24.2 Å². The third-order valence-electron chi connectivity index (χ3n) is 4.88. The van der Waals surface area contributed by atoms with E-state index in [-0.39, 0.29) is 18.2 Å². The zero-order valence-corrected chi connectivity index (χ0v) is 15.1. The van der Waals surface area contributed by atoms with Crippen LogP contribution in [0.25, 0.3) is 0 Å². The summed E-state index contributed by atoms with van der Waals surface area (Å²) in [5, 5.41) is 12.2. The molecule has 1 aromatic rings. The van der Waals surface area contributed by atoms with Crippen LogP contribution in [-0.4, -0.2) is 36.7 Å². The third-order valence-corrected chi connectivity index (χ3v) is 4.88. The molecular formula is C19H27NO5. The van der Waals surface area contributed by atoms with Gasteiger partial charge < -0.3 is 19.9 Å². The minimum atomic E-state index is -0.866. The van der Waals surface area contributed by atoms with Crippen molar-refractivity contribution in [3.05, 3.63) is 23.8 Å². The summed E-state index contributed by atoms with van der Waals surface area (Å²) < 4.78 is 10.5. The van der Waals surface area contributed by atoms with E-state index in [1.165, 1.54) is 0 Å². The Morgan fingerprint density at radius 2 is 1.84 bits per heavy atom. The van der Waals surface area contributed by atoms with E-state index >= 15 is 0 Å². The number of ether oxygens (including phenoxy) is 2. The summed E-state index contributed by atoms with van der Waals surface area (Å²) in [5.41, 5.74) is 0.383. The fourth-order valence-electron chi connectivity index (χ4n) is 3.53. The Morgan fingerprint density at radius 1 is 1.20 bits per heavy atom. The minimum Gasteiger partial charge on any atom is -0.493 e. The smallest absolute Gasteiger partial charge is 0.305 e. The van der Waals surface area contributed by atoms with Gasteiger partial charge in [0.1, 0.15) is 0 Å². The lowest BCUT2D eigenvalue weighted by Gasteiger charge is -2.30. The summed E-state index contributed by atoms with van der Waals surface area (Å²) in [6, 6.07) is 5.60. The molecule has 0 aliphatic heterocycles. The monoisotopic (exact) mass is 349 g/mol. The van der Waals surface area contributed by atoms with Crippen LogP contribution in [0.4, 0.5) is 0 Å². The van der Waals surface area contributed by atoms with E-state index in [2.05, 4.69) is 5.32 Å². The van der Waals surface area contributed by atoms with E-state index in [4.69, 9.17) is 14.6 Å². The number of aliphatic carboxylic acids is 1. The van der Waals surface area contributed by atoms with Crippen LogP contribution >= 0.6 is 0 Å². The van der Waals surface area contributed by atoms with Crippen LogP contribution in [0.2, 0.25) is 0 Å². The van der Waals surface area contributed by atoms with Gasteiger partial charge in [0.25, 0.3) is 0 Å². The molecule has 0 bridgehead atoms. The van der Waals surface area contributed by atoms with Gasteiger partial charge in [0, 0.05) is 5.92 Å². The number of hydrogen-bond donors (Lipinski definition) is 2. The van der Waals surface area contributed by atoms with Gasteiger partial charge in [-0.05, 0) is 37.0 Å². The molecule has 1 fully saturated rings. The maximum atomic E-state index is 12.6. The average molecular weight is 349 g/mol. The van der Waals surface area contributed by atoms with Gasteiger partial charge in [-0.1, -0.05) is 25.8 Å². The first-order valence-corrected chi connectivity index (χ1v) is 8.64. The predicted molar refractivity (Wildman–Crippen MR) is 94.0 cm³/mol. The molecule has 0 aromatic heterocycles. The van der Waals surface area contributed by atoms with Gasteiger partial charge in [-0.2, -0.15) is 0 Å². The Kier molecular flexibility index (Phi) is 6.28. The molecule has 1 aliphatic rings. The zero-order chi connectivity index (χ0) is 18.4. The molecule has 2 rings (SSSR count). The summed E-state index contributed by atoms with van der Waals surface area (Å²) in [4.78, 5) is 23.8. The van der Waals surface area contributed by atoms with Gasteiger partial charge in [-0.3, -0.25) is 9.59 Å². The molecule has 0 saturated heterocycles. The summed E-state index contributed by atoms with van der Waals surface area (Å²) in [7, 11) is 3.16. The molecule has 6 nitrogen and oxygen atoms in total. The van der Waals surface area contributed by atoms with Crippen LogP contribution in [0.3, 0.4) is 0 Å². The number of carbonyl (C=O) groups excluding carboxylic acids is 1. The molecule has 1 aromatic carbocycles. The van der Waals surface area contributed by atoms with E-state index in [1.54, 1.807) is 14.2 Å². The fourth-order valence-corrected chi connectivity index (χ4v) is 3.53. The fraction of sp³-hybridized carbons (Fsp3) is 0.579. The highest BCUT2D eigenvalue weighted by atomic mass is 16.5. The van der Waals surface area contributed by atoms with Crippen molar-refractivity contribution in [2.24, 2.45) is 5.92 Å². The third kappa shape index (κ3) is 4.87. The number of nitrogens with one attached hydrogen (secondary N) is 1. The highest BCUT2D eigenvalue weighted by molar-refractivity contribution is 5.80. The molecule has 1 unspecified atom stereocenters. The minimum absolute atomic E-state index is 0.0121. The Bertz CT molecular complexity index is 622. The summed E-state index contributed by atoms with van der Waals surface area (Å²) >= 11 is 0. The van der Waals surface area contributed by atoms with Gasteiger partial charge in [0.05, 0.1) is 26.2 Å². The lowest BCUT2D eigenvalue weighted by molar-refractivity contribution is -0.139. The summed E-state index contributed by atoms with van der Waals surface area (Å²) in [6.07, 6.45) is 3.91. The van der Waals surface area contributed by atoms with E-state index in [1.807, 2.05) is 25.1 Å². The van der Waals surface area contributed by atoms with Crippen molar-refractivity contribution >= 4 is 11.9 Å². The van der Waals surface area contributed by atoms with Crippen LogP contribution < -0.4 is 14.8 Å². The molecule has 1 amide bonds. The second kappa shape index (κ2) is 8.23. The molecule has 0 spiro atoms. The molecule has 138 valence electrons. The van der Waals surface area contributed by atoms with Crippen molar-refractivity contribution in [3.63, 3.8) is 0 Å². The quantitative estimate of drug-likeness (QED) is 0.754. The first-order chi connectivity index (χ1) is 11.9. The largest absolute Gasteiger partial charge is 0.493 e. The second-order valence-corrected chi connectivity index (χ2v) is 6.84. The number of rotatable bonds is 8. The molecular weight excluding hydrogens is 322 g/mol. The molecule has 0 radical (unpaired) electrons. The molecule has 0 heterocycles.